The van der Waals surface area contributed by atoms with Crippen molar-refractivity contribution in [3.63, 3.8) is 0 Å². The molecule has 1 aliphatic rings. The van der Waals surface area contributed by atoms with Gasteiger partial charge in [-0.2, -0.15) is 13.2 Å². The molecule has 2 heterocycles. The number of rotatable bonds is 6. The van der Waals surface area contributed by atoms with Gasteiger partial charge in [-0.15, -0.1) is 0 Å². The van der Waals surface area contributed by atoms with Gasteiger partial charge in [0.1, 0.15) is 18.3 Å². The predicted octanol–water partition coefficient (Wildman–Crippen LogP) is 4.50. The van der Waals surface area contributed by atoms with Crippen molar-refractivity contribution in [3.8, 4) is 5.88 Å². The lowest BCUT2D eigenvalue weighted by Gasteiger charge is -2.34. The monoisotopic (exact) mass is 436 g/mol. The number of esters is 1. The molecule has 1 fully saturated rings. The van der Waals surface area contributed by atoms with E-state index in [0.717, 1.165) is 23.7 Å². The van der Waals surface area contributed by atoms with Crippen molar-refractivity contribution < 1.29 is 27.4 Å². The van der Waals surface area contributed by atoms with E-state index >= 15 is 0 Å². The Bertz CT molecular complexity index is 898. The first-order chi connectivity index (χ1) is 14.6. The molecule has 168 valence electrons. The van der Waals surface area contributed by atoms with E-state index in [1.54, 1.807) is 13.8 Å². The van der Waals surface area contributed by atoms with Crippen LogP contribution in [0.3, 0.4) is 0 Å². The molecule has 0 saturated carbocycles. The fraction of sp³-hybridized carbons (Fsp3) is 0.478. The van der Waals surface area contributed by atoms with Gasteiger partial charge in [0.05, 0.1) is 5.41 Å². The van der Waals surface area contributed by atoms with Gasteiger partial charge in [-0.05, 0) is 51.4 Å². The number of nitrogens with zero attached hydrogens (tertiary/aromatic N) is 1. The number of carbonyl (C=O) groups excluding carboxylic acids is 1. The Labute approximate surface area is 180 Å². The maximum atomic E-state index is 13.1. The van der Waals surface area contributed by atoms with E-state index in [1.807, 2.05) is 31.2 Å². The molecule has 3 rings (SSSR count). The summed E-state index contributed by atoms with van der Waals surface area (Å²) in [5.74, 6) is -1.06. The van der Waals surface area contributed by atoms with Gasteiger partial charge in [0, 0.05) is 18.7 Å². The molecule has 0 radical (unpaired) electrons. The van der Waals surface area contributed by atoms with Crippen LogP contribution in [0.2, 0.25) is 0 Å². The van der Waals surface area contributed by atoms with E-state index in [4.69, 9.17) is 9.47 Å². The molecule has 8 heteroatoms. The van der Waals surface area contributed by atoms with Gasteiger partial charge in [0.25, 0.3) is 0 Å². The standard InChI is InChI=1S/C23H27F3N2O3/c1-15-6-8-16(9-7-15)17-13-27-12-10-19(17)31-21(29)22(2,3)14-30-20-18(23(24,25)26)5-4-11-28-20/h4-9,11,17,19,27H,10,12-14H2,1-3H3/t17-,19+/m0/s1. The van der Waals surface area contributed by atoms with Gasteiger partial charge in [-0.25, -0.2) is 4.98 Å². The summed E-state index contributed by atoms with van der Waals surface area (Å²) >= 11 is 0. The summed E-state index contributed by atoms with van der Waals surface area (Å²) in [7, 11) is 0. The van der Waals surface area contributed by atoms with Gasteiger partial charge in [-0.1, -0.05) is 29.8 Å². The number of pyridine rings is 1. The summed E-state index contributed by atoms with van der Waals surface area (Å²) in [4.78, 5) is 16.6. The predicted molar refractivity (Wildman–Crippen MR) is 110 cm³/mol. The summed E-state index contributed by atoms with van der Waals surface area (Å²) in [6.07, 6.45) is -3.04. The second-order valence-electron chi connectivity index (χ2n) is 8.48. The highest BCUT2D eigenvalue weighted by Crippen LogP contribution is 2.35. The second-order valence-corrected chi connectivity index (χ2v) is 8.48. The van der Waals surface area contributed by atoms with E-state index < -0.39 is 29.0 Å². The van der Waals surface area contributed by atoms with E-state index in [-0.39, 0.29) is 18.6 Å². The summed E-state index contributed by atoms with van der Waals surface area (Å²) in [6, 6.07) is 10.2. The fourth-order valence-electron chi connectivity index (χ4n) is 3.45. The number of carbonyl (C=O) groups is 1. The van der Waals surface area contributed by atoms with Crippen molar-refractivity contribution in [2.75, 3.05) is 19.7 Å². The molecule has 1 saturated heterocycles. The van der Waals surface area contributed by atoms with Crippen LogP contribution < -0.4 is 10.1 Å². The first kappa shape index (κ1) is 23.1. The van der Waals surface area contributed by atoms with Crippen molar-refractivity contribution in [3.05, 3.63) is 59.3 Å². The van der Waals surface area contributed by atoms with Crippen LogP contribution in [0.15, 0.2) is 42.6 Å². The molecule has 0 aliphatic carbocycles. The largest absolute Gasteiger partial charge is 0.476 e. The minimum absolute atomic E-state index is 0.00244. The molecule has 0 spiro atoms. The molecule has 2 atom stereocenters. The third-order valence-corrected chi connectivity index (χ3v) is 5.38. The highest BCUT2D eigenvalue weighted by molar-refractivity contribution is 5.76. The van der Waals surface area contributed by atoms with Gasteiger partial charge < -0.3 is 14.8 Å². The summed E-state index contributed by atoms with van der Waals surface area (Å²) in [6.45, 7) is 6.31. The lowest BCUT2D eigenvalue weighted by atomic mass is 9.87. The average molecular weight is 436 g/mol. The third kappa shape index (κ3) is 5.76. The van der Waals surface area contributed by atoms with Crippen molar-refractivity contribution >= 4 is 5.97 Å². The summed E-state index contributed by atoms with van der Waals surface area (Å²) in [5, 5.41) is 3.33. The van der Waals surface area contributed by atoms with Crippen LogP contribution in [0.4, 0.5) is 13.2 Å². The smallest absolute Gasteiger partial charge is 0.421 e. The number of ether oxygens (including phenoxy) is 2. The molecule has 31 heavy (non-hydrogen) atoms. The third-order valence-electron chi connectivity index (χ3n) is 5.38. The lowest BCUT2D eigenvalue weighted by Crippen LogP contribution is -2.44. The zero-order valence-electron chi connectivity index (χ0n) is 17.8. The molecule has 1 aromatic carbocycles. The Morgan fingerprint density at radius 1 is 1.19 bits per heavy atom. The maximum absolute atomic E-state index is 13.1. The molecular formula is C23H27F3N2O3. The minimum Gasteiger partial charge on any atom is -0.476 e. The van der Waals surface area contributed by atoms with Gasteiger partial charge in [0.15, 0.2) is 0 Å². The highest BCUT2D eigenvalue weighted by atomic mass is 19.4. The van der Waals surface area contributed by atoms with Crippen molar-refractivity contribution in [2.45, 2.75) is 45.4 Å². The first-order valence-corrected chi connectivity index (χ1v) is 10.2. The molecular weight excluding hydrogens is 409 g/mol. The number of aryl methyl sites for hydroxylation is 1. The summed E-state index contributed by atoms with van der Waals surface area (Å²) in [5.41, 5.74) is 0.0975. The number of aromatic nitrogens is 1. The van der Waals surface area contributed by atoms with Gasteiger partial charge in [-0.3, -0.25) is 4.79 Å². The fourth-order valence-corrected chi connectivity index (χ4v) is 3.45. The molecule has 1 N–H and O–H groups in total. The van der Waals surface area contributed by atoms with Crippen LogP contribution in [-0.2, 0) is 15.7 Å². The lowest BCUT2D eigenvalue weighted by molar-refractivity contribution is -0.163. The number of benzene rings is 1. The molecule has 1 aliphatic heterocycles. The number of hydrogen-bond acceptors (Lipinski definition) is 5. The zero-order chi connectivity index (χ0) is 22.6. The number of alkyl halides is 3. The van der Waals surface area contributed by atoms with E-state index in [0.29, 0.717) is 13.0 Å². The quantitative estimate of drug-likeness (QED) is 0.676. The number of nitrogens with one attached hydrogen (secondary N) is 1. The van der Waals surface area contributed by atoms with Crippen LogP contribution in [0, 0.1) is 12.3 Å². The second kappa shape index (κ2) is 9.26. The Balaban J connectivity index is 1.68. The molecule has 5 nitrogen and oxygen atoms in total. The van der Waals surface area contributed by atoms with Crippen LogP contribution in [0.5, 0.6) is 5.88 Å². The topological polar surface area (TPSA) is 60.5 Å². The van der Waals surface area contributed by atoms with E-state index in [9.17, 15) is 18.0 Å². The Kier molecular flexibility index (Phi) is 6.89. The van der Waals surface area contributed by atoms with Gasteiger partial charge in [0.2, 0.25) is 5.88 Å². The highest BCUT2D eigenvalue weighted by Gasteiger charge is 2.38. The molecule has 1 aromatic heterocycles. The number of hydrogen-bond donors (Lipinski definition) is 1. The van der Waals surface area contributed by atoms with Crippen LogP contribution >= 0.6 is 0 Å². The number of halogens is 3. The van der Waals surface area contributed by atoms with Gasteiger partial charge >= 0.3 is 12.1 Å². The molecule has 2 aromatic rings. The van der Waals surface area contributed by atoms with E-state index in [2.05, 4.69) is 10.3 Å². The Morgan fingerprint density at radius 3 is 2.58 bits per heavy atom. The Hall–Kier alpha value is -2.61. The van der Waals surface area contributed by atoms with Crippen molar-refractivity contribution in [1.29, 1.82) is 0 Å². The summed E-state index contributed by atoms with van der Waals surface area (Å²) < 4.78 is 50.6. The number of piperidine rings is 1. The van der Waals surface area contributed by atoms with E-state index in [1.165, 1.54) is 12.3 Å². The Morgan fingerprint density at radius 2 is 1.90 bits per heavy atom. The first-order valence-electron chi connectivity index (χ1n) is 10.2. The SMILES string of the molecule is Cc1ccc([C@@H]2CNCC[C@H]2OC(=O)C(C)(C)COc2ncccc2C(F)(F)F)cc1. The maximum Gasteiger partial charge on any atom is 0.421 e. The average Bonchev–Trinajstić information content (AvgIpc) is 2.73. The van der Waals surface area contributed by atoms with Crippen LogP contribution in [0.1, 0.15) is 42.9 Å². The molecule has 0 amide bonds. The van der Waals surface area contributed by atoms with Crippen molar-refractivity contribution in [2.24, 2.45) is 5.41 Å². The molecule has 0 bridgehead atoms. The normalized spacial score (nSPS) is 19.7. The zero-order valence-corrected chi connectivity index (χ0v) is 17.8. The van der Waals surface area contributed by atoms with Crippen molar-refractivity contribution in [1.82, 2.24) is 10.3 Å². The van der Waals surface area contributed by atoms with Crippen LogP contribution in [0.25, 0.3) is 0 Å². The molecule has 0 unspecified atom stereocenters. The minimum atomic E-state index is -4.59. The van der Waals surface area contributed by atoms with Crippen LogP contribution in [-0.4, -0.2) is 36.8 Å².